The number of aryl methyl sites for hydroxylation is 1. The van der Waals surface area contributed by atoms with E-state index in [0.717, 1.165) is 49.2 Å². The topological polar surface area (TPSA) is 64.3 Å². The summed E-state index contributed by atoms with van der Waals surface area (Å²) in [5.41, 5.74) is 2.01. The molecule has 0 spiro atoms. The first kappa shape index (κ1) is 14.9. The van der Waals surface area contributed by atoms with Gasteiger partial charge in [0.25, 0.3) is 0 Å². The molecule has 0 fully saturated rings. The Bertz CT molecular complexity index is 531. The second kappa shape index (κ2) is 6.76. The standard InChI is InChI=1S/C15H20N2O2S/c1-2-3-8-17(9-7-14(18)19)15-12(10-16)11-5-4-6-13(11)20-15/h2-9H2,1H3,(H,18,19). The summed E-state index contributed by atoms with van der Waals surface area (Å²) < 4.78 is 0. The average Bonchev–Trinajstić information content (AvgIpc) is 2.98. The summed E-state index contributed by atoms with van der Waals surface area (Å²) in [6, 6.07) is 2.34. The number of carbonyl (C=O) groups is 1. The van der Waals surface area contributed by atoms with Gasteiger partial charge in [0.1, 0.15) is 11.1 Å². The van der Waals surface area contributed by atoms with E-state index in [4.69, 9.17) is 5.11 Å². The smallest absolute Gasteiger partial charge is 0.305 e. The van der Waals surface area contributed by atoms with Crippen LogP contribution in [-0.2, 0) is 17.6 Å². The average molecular weight is 292 g/mol. The Morgan fingerprint density at radius 1 is 1.45 bits per heavy atom. The molecule has 1 aliphatic rings. The van der Waals surface area contributed by atoms with Gasteiger partial charge in [0, 0.05) is 18.0 Å². The molecule has 0 atom stereocenters. The van der Waals surface area contributed by atoms with Crippen LogP contribution in [0.2, 0.25) is 0 Å². The van der Waals surface area contributed by atoms with E-state index >= 15 is 0 Å². The number of aliphatic carboxylic acids is 1. The number of nitrogens with zero attached hydrogens (tertiary/aromatic N) is 2. The highest BCUT2D eigenvalue weighted by molar-refractivity contribution is 7.16. The molecule has 1 aromatic heterocycles. The first-order valence-electron chi connectivity index (χ1n) is 7.18. The normalized spacial score (nSPS) is 13.0. The summed E-state index contributed by atoms with van der Waals surface area (Å²) in [6.45, 7) is 3.44. The lowest BCUT2D eigenvalue weighted by molar-refractivity contribution is -0.136. The van der Waals surface area contributed by atoms with Crippen molar-refractivity contribution in [2.24, 2.45) is 0 Å². The number of carboxylic acid groups (broad SMARTS) is 1. The summed E-state index contributed by atoms with van der Waals surface area (Å²) in [7, 11) is 0. The Morgan fingerprint density at radius 2 is 2.25 bits per heavy atom. The van der Waals surface area contributed by atoms with Gasteiger partial charge in [-0.1, -0.05) is 13.3 Å². The number of rotatable bonds is 7. The van der Waals surface area contributed by atoms with Crippen LogP contribution >= 0.6 is 11.3 Å². The molecule has 108 valence electrons. The van der Waals surface area contributed by atoms with E-state index < -0.39 is 5.97 Å². The van der Waals surface area contributed by atoms with Crippen molar-refractivity contribution in [2.75, 3.05) is 18.0 Å². The highest BCUT2D eigenvalue weighted by Gasteiger charge is 2.25. The minimum Gasteiger partial charge on any atom is -0.481 e. The van der Waals surface area contributed by atoms with Gasteiger partial charge < -0.3 is 10.0 Å². The van der Waals surface area contributed by atoms with E-state index in [-0.39, 0.29) is 6.42 Å². The van der Waals surface area contributed by atoms with E-state index in [0.29, 0.717) is 6.54 Å². The third-order valence-corrected chi connectivity index (χ3v) is 5.03. The molecule has 5 heteroatoms. The number of unbranched alkanes of at least 4 members (excludes halogenated alkanes) is 1. The molecule has 0 bridgehead atoms. The summed E-state index contributed by atoms with van der Waals surface area (Å²) >= 11 is 1.69. The summed E-state index contributed by atoms with van der Waals surface area (Å²) in [4.78, 5) is 14.2. The number of fused-ring (bicyclic) bond motifs is 1. The Balaban J connectivity index is 2.23. The summed E-state index contributed by atoms with van der Waals surface area (Å²) in [5.74, 6) is -0.783. The van der Waals surface area contributed by atoms with Crippen molar-refractivity contribution >= 4 is 22.3 Å². The fraction of sp³-hybridized carbons (Fsp3) is 0.600. The molecule has 0 amide bonds. The van der Waals surface area contributed by atoms with Crippen molar-refractivity contribution < 1.29 is 9.90 Å². The molecule has 0 unspecified atom stereocenters. The zero-order valence-electron chi connectivity index (χ0n) is 11.8. The molecule has 1 heterocycles. The van der Waals surface area contributed by atoms with Gasteiger partial charge in [-0.25, -0.2) is 0 Å². The quantitative estimate of drug-likeness (QED) is 0.838. The molecular weight excluding hydrogens is 272 g/mol. The van der Waals surface area contributed by atoms with Gasteiger partial charge >= 0.3 is 5.97 Å². The zero-order chi connectivity index (χ0) is 14.5. The molecular formula is C15H20N2O2S. The SMILES string of the molecule is CCCCN(CCC(=O)O)c1sc2c(c1C#N)CCC2. The number of hydrogen-bond acceptors (Lipinski definition) is 4. The van der Waals surface area contributed by atoms with Crippen LogP contribution in [0.1, 0.15) is 48.6 Å². The van der Waals surface area contributed by atoms with Crippen molar-refractivity contribution in [1.82, 2.24) is 0 Å². The van der Waals surface area contributed by atoms with Crippen molar-refractivity contribution in [3.05, 3.63) is 16.0 Å². The molecule has 0 aromatic carbocycles. The first-order chi connectivity index (χ1) is 9.67. The maximum absolute atomic E-state index is 10.8. The zero-order valence-corrected chi connectivity index (χ0v) is 12.6. The van der Waals surface area contributed by atoms with Crippen molar-refractivity contribution in [2.45, 2.75) is 45.4 Å². The highest BCUT2D eigenvalue weighted by Crippen LogP contribution is 2.40. The van der Waals surface area contributed by atoms with Crippen LogP contribution in [0.4, 0.5) is 5.00 Å². The van der Waals surface area contributed by atoms with Gasteiger partial charge in [-0.3, -0.25) is 4.79 Å². The molecule has 0 aliphatic heterocycles. The van der Waals surface area contributed by atoms with Crippen molar-refractivity contribution in [3.8, 4) is 6.07 Å². The fourth-order valence-electron chi connectivity index (χ4n) is 2.62. The minimum atomic E-state index is -0.783. The lowest BCUT2D eigenvalue weighted by Crippen LogP contribution is -2.27. The van der Waals surface area contributed by atoms with Gasteiger partial charge in [-0.2, -0.15) is 5.26 Å². The molecule has 1 aromatic rings. The predicted octanol–water partition coefficient (Wildman–Crippen LogP) is 3.19. The first-order valence-corrected chi connectivity index (χ1v) is 8.00. The van der Waals surface area contributed by atoms with Gasteiger partial charge in [-0.05, 0) is 31.2 Å². The largest absolute Gasteiger partial charge is 0.481 e. The Morgan fingerprint density at radius 3 is 2.90 bits per heavy atom. The molecule has 0 saturated carbocycles. The van der Waals surface area contributed by atoms with E-state index in [2.05, 4.69) is 17.9 Å². The van der Waals surface area contributed by atoms with Crippen LogP contribution in [0.25, 0.3) is 0 Å². The minimum absolute atomic E-state index is 0.122. The molecule has 20 heavy (non-hydrogen) atoms. The fourth-order valence-corrected chi connectivity index (χ4v) is 4.01. The van der Waals surface area contributed by atoms with E-state index in [1.807, 2.05) is 0 Å². The maximum Gasteiger partial charge on any atom is 0.305 e. The number of carboxylic acids is 1. The lowest BCUT2D eigenvalue weighted by atomic mass is 10.1. The van der Waals surface area contributed by atoms with Crippen LogP contribution in [-0.4, -0.2) is 24.2 Å². The number of hydrogen-bond donors (Lipinski definition) is 1. The molecule has 2 rings (SSSR count). The van der Waals surface area contributed by atoms with Crippen LogP contribution in [0.3, 0.4) is 0 Å². The summed E-state index contributed by atoms with van der Waals surface area (Å²) in [5, 5.41) is 19.3. The maximum atomic E-state index is 10.8. The molecule has 4 nitrogen and oxygen atoms in total. The van der Waals surface area contributed by atoms with Crippen molar-refractivity contribution in [3.63, 3.8) is 0 Å². The van der Waals surface area contributed by atoms with E-state index in [9.17, 15) is 10.1 Å². The van der Waals surface area contributed by atoms with E-state index in [1.54, 1.807) is 11.3 Å². The third kappa shape index (κ3) is 3.13. The molecule has 1 N–H and O–H groups in total. The van der Waals surface area contributed by atoms with Gasteiger partial charge in [0.15, 0.2) is 0 Å². The van der Waals surface area contributed by atoms with Gasteiger partial charge in [0.05, 0.1) is 12.0 Å². The number of anilines is 1. The molecule has 0 radical (unpaired) electrons. The predicted molar refractivity (Wildman–Crippen MR) is 80.4 cm³/mol. The Hall–Kier alpha value is -1.54. The molecule has 1 aliphatic carbocycles. The number of thiophene rings is 1. The van der Waals surface area contributed by atoms with Crippen LogP contribution < -0.4 is 4.90 Å². The third-order valence-electron chi connectivity index (χ3n) is 3.68. The highest BCUT2D eigenvalue weighted by atomic mass is 32.1. The Kier molecular flexibility index (Phi) is 5.02. The second-order valence-corrected chi connectivity index (χ2v) is 6.22. The van der Waals surface area contributed by atoms with Gasteiger partial charge in [-0.15, -0.1) is 11.3 Å². The van der Waals surface area contributed by atoms with Crippen molar-refractivity contribution in [1.29, 1.82) is 5.26 Å². The van der Waals surface area contributed by atoms with Crippen LogP contribution in [0.5, 0.6) is 0 Å². The monoisotopic (exact) mass is 292 g/mol. The Labute approximate surface area is 123 Å². The van der Waals surface area contributed by atoms with E-state index in [1.165, 1.54) is 10.4 Å². The lowest BCUT2D eigenvalue weighted by Gasteiger charge is -2.23. The second-order valence-electron chi connectivity index (χ2n) is 5.13. The van der Waals surface area contributed by atoms with Crippen LogP contribution in [0, 0.1) is 11.3 Å². The number of nitriles is 1. The van der Waals surface area contributed by atoms with Crippen LogP contribution in [0.15, 0.2) is 0 Å². The molecule has 0 saturated heterocycles. The van der Waals surface area contributed by atoms with Gasteiger partial charge in [0.2, 0.25) is 0 Å². The summed E-state index contributed by atoms with van der Waals surface area (Å²) in [6.07, 6.45) is 5.41.